The first-order valence-corrected chi connectivity index (χ1v) is 20.4. The van der Waals surface area contributed by atoms with E-state index in [2.05, 4.69) is 10.5 Å². The van der Waals surface area contributed by atoms with Gasteiger partial charge in [-0.2, -0.15) is 0 Å². The Hall–Kier alpha value is -1.58. The van der Waals surface area contributed by atoms with Crippen molar-refractivity contribution in [2.45, 2.75) is 179 Å². The van der Waals surface area contributed by atoms with Gasteiger partial charge in [0.2, 0.25) is 6.79 Å². The maximum Gasteiger partial charge on any atom is 0.311 e. The molecule has 0 aromatic carbocycles. The van der Waals surface area contributed by atoms with E-state index in [0.717, 1.165) is 0 Å². The summed E-state index contributed by atoms with van der Waals surface area (Å²) in [5, 5.41) is 66.4. The zero-order valence-corrected chi connectivity index (χ0v) is 36.4. The van der Waals surface area contributed by atoms with Crippen LogP contribution in [0.25, 0.3) is 0 Å². The minimum absolute atomic E-state index is 0.0323. The molecular weight excluding hydrogens is 748 g/mol. The smallest absolute Gasteiger partial charge is 0.311 e. The highest BCUT2D eigenvalue weighted by molar-refractivity contribution is 5.88. The van der Waals surface area contributed by atoms with Crippen molar-refractivity contribution < 1.29 is 73.1 Å². The number of methoxy groups -OCH3 is 2. The van der Waals surface area contributed by atoms with Gasteiger partial charge in [0.15, 0.2) is 12.6 Å². The molecule has 17 heteroatoms. The monoisotopic (exact) mass is 823 g/mol. The molecule has 17 nitrogen and oxygen atoms in total. The van der Waals surface area contributed by atoms with Gasteiger partial charge in [-0.1, -0.05) is 32.9 Å². The van der Waals surface area contributed by atoms with Crippen LogP contribution in [0.2, 0.25) is 0 Å². The Morgan fingerprint density at radius 1 is 0.912 bits per heavy atom. The number of cyclic esters (lactones) is 1. The van der Waals surface area contributed by atoms with E-state index in [1.807, 2.05) is 6.92 Å². The predicted molar refractivity (Wildman–Crippen MR) is 208 cm³/mol. The van der Waals surface area contributed by atoms with Crippen molar-refractivity contribution in [1.82, 2.24) is 5.32 Å². The van der Waals surface area contributed by atoms with Crippen LogP contribution >= 0.6 is 0 Å². The molecule has 0 amide bonds. The second-order valence-corrected chi connectivity index (χ2v) is 17.1. The van der Waals surface area contributed by atoms with E-state index in [0.29, 0.717) is 18.7 Å². The molecule has 0 aromatic rings. The number of nitrogens with zero attached hydrogens (tertiary/aromatic N) is 1. The molecule has 0 bridgehead atoms. The van der Waals surface area contributed by atoms with Gasteiger partial charge in [0.1, 0.15) is 23.9 Å². The molecule has 0 aromatic heterocycles. The largest absolute Gasteiger partial charge is 0.459 e. The lowest BCUT2D eigenvalue weighted by molar-refractivity contribution is -0.315. The molecule has 18 unspecified atom stereocenters. The van der Waals surface area contributed by atoms with Crippen LogP contribution in [0.1, 0.15) is 94.9 Å². The number of hydrogen-bond acceptors (Lipinski definition) is 17. The Balaban J connectivity index is 2.21. The molecule has 3 aliphatic rings. The summed E-state index contributed by atoms with van der Waals surface area (Å²) < 4.78 is 47.9. The first kappa shape index (κ1) is 49.8. The summed E-state index contributed by atoms with van der Waals surface area (Å²) in [6.07, 6.45) is -9.54. The third-order valence-corrected chi connectivity index (χ3v) is 12.3. The quantitative estimate of drug-likeness (QED) is 0.0675. The first-order chi connectivity index (χ1) is 26.6. The molecule has 6 N–H and O–H groups in total. The molecule has 18 atom stereocenters. The number of aliphatic hydroxyl groups is 5. The molecule has 3 heterocycles. The molecule has 0 radical (unpaired) electrons. The van der Waals surface area contributed by atoms with Crippen molar-refractivity contribution in [1.29, 1.82) is 0 Å². The van der Waals surface area contributed by atoms with Crippen LogP contribution in [-0.2, 0) is 47.5 Å². The number of oxime groups is 1. The van der Waals surface area contributed by atoms with Gasteiger partial charge in [0.05, 0.1) is 66.6 Å². The summed E-state index contributed by atoms with van der Waals surface area (Å²) in [6, 6.07) is -0.379. The zero-order chi connectivity index (χ0) is 43.0. The van der Waals surface area contributed by atoms with E-state index in [4.69, 9.17) is 42.7 Å². The number of ether oxygens (including phenoxy) is 8. The minimum atomic E-state index is -1.97. The molecule has 0 aliphatic carbocycles. The van der Waals surface area contributed by atoms with E-state index < -0.39 is 102 Å². The third kappa shape index (κ3) is 12.0. The summed E-state index contributed by atoms with van der Waals surface area (Å²) in [5.41, 5.74) is -4.49. The second kappa shape index (κ2) is 21.3. The Morgan fingerprint density at radius 3 is 2.18 bits per heavy atom. The van der Waals surface area contributed by atoms with Crippen molar-refractivity contribution in [3.05, 3.63) is 0 Å². The summed E-state index contributed by atoms with van der Waals surface area (Å²) in [7, 11) is 4.77. The Labute approximate surface area is 339 Å². The van der Waals surface area contributed by atoms with Gasteiger partial charge >= 0.3 is 5.97 Å². The van der Waals surface area contributed by atoms with Crippen molar-refractivity contribution in [2.24, 2.45) is 28.8 Å². The van der Waals surface area contributed by atoms with Gasteiger partial charge in [-0.25, -0.2) is 0 Å². The minimum Gasteiger partial charge on any atom is -0.459 e. The van der Waals surface area contributed by atoms with Crippen LogP contribution in [0.4, 0.5) is 0 Å². The molecule has 3 rings (SSSR count). The van der Waals surface area contributed by atoms with Crippen LogP contribution in [0, 0.1) is 23.7 Å². The van der Waals surface area contributed by atoms with Crippen LogP contribution in [-0.4, -0.2) is 163 Å². The van der Waals surface area contributed by atoms with Gasteiger partial charge < -0.3 is 73.6 Å². The molecular formula is C40H74N2O15. The summed E-state index contributed by atoms with van der Waals surface area (Å²) in [4.78, 5) is 19.8. The average molecular weight is 823 g/mol. The average Bonchev–Trinajstić information content (AvgIpc) is 3.15. The molecule has 57 heavy (non-hydrogen) atoms. The highest BCUT2D eigenvalue weighted by Gasteiger charge is 2.53. The number of nitrogens with one attached hydrogen (secondary N) is 1. The summed E-state index contributed by atoms with van der Waals surface area (Å²) in [5.74, 6) is -4.14. The fourth-order valence-electron chi connectivity index (χ4n) is 8.73. The Morgan fingerprint density at radius 2 is 1.58 bits per heavy atom. The number of likely N-dealkylation sites (N-methyl/N-ethyl adjacent to an activating group) is 1. The lowest BCUT2D eigenvalue weighted by atomic mass is 9.73. The van der Waals surface area contributed by atoms with Crippen molar-refractivity contribution in [3.63, 3.8) is 0 Å². The van der Waals surface area contributed by atoms with Crippen molar-refractivity contribution in [3.8, 4) is 0 Å². The highest BCUT2D eigenvalue weighted by Crippen LogP contribution is 2.41. The van der Waals surface area contributed by atoms with E-state index in [1.165, 1.54) is 14.0 Å². The van der Waals surface area contributed by atoms with Gasteiger partial charge in [-0.05, 0) is 67.9 Å². The fraction of sp³-hybridized carbons (Fsp3) is 0.950. The maximum atomic E-state index is 14.3. The molecule has 3 fully saturated rings. The molecule has 0 saturated carbocycles. The first-order valence-electron chi connectivity index (χ1n) is 20.4. The standard InChI is InChI=1S/C40H74N2O15/c1-14-28-40(10,48)33(44)23(4)30(42-52-20-51-16-15-49-12)21(2)18-38(8,47)35(57-37-31(43)27(41-11)17-22(3)53-37)24(5)32(25(6)36(46)55-28)56-29-19-39(9,50-13)34(45)26(7)54-29/h21-29,31-35,37,41,43-45,47-48H,14-20H2,1-13H3/b42-30+. The van der Waals surface area contributed by atoms with Crippen molar-refractivity contribution in [2.75, 3.05) is 41.3 Å². The van der Waals surface area contributed by atoms with Gasteiger partial charge in [0, 0.05) is 44.4 Å². The van der Waals surface area contributed by atoms with Crippen LogP contribution in [0.3, 0.4) is 0 Å². The number of aliphatic hydroxyl groups excluding tert-OH is 3. The van der Waals surface area contributed by atoms with E-state index in [9.17, 15) is 30.3 Å². The summed E-state index contributed by atoms with van der Waals surface area (Å²) >= 11 is 0. The Kier molecular flexibility index (Phi) is 18.6. The zero-order valence-electron chi connectivity index (χ0n) is 36.4. The summed E-state index contributed by atoms with van der Waals surface area (Å²) in [6.45, 7) is 17.2. The number of carbonyl (C=O) groups is 1. The number of esters is 1. The second-order valence-electron chi connectivity index (χ2n) is 17.1. The lowest BCUT2D eigenvalue weighted by Gasteiger charge is -2.49. The maximum absolute atomic E-state index is 14.3. The third-order valence-electron chi connectivity index (χ3n) is 12.3. The van der Waals surface area contributed by atoms with Crippen LogP contribution < -0.4 is 5.32 Å². The van der Waals surface area contributed by atoms with Crippen LogP contribution in [0.5, 0.6) is 0 Å². The van der Waals surface area contributed by atoms with Gasteiger partial charge in [0.25, 0.3) is 0 Å². The number of hydrogen-bond donors (Lipinski definition) is 6. The van der Waals surface area contributed by atoms with Gasteiger partial charge in [-0.3, -0.25) is 4.79 Å². The van der Waals surface area contributed by atoms with Crippen molar-refractivity contribution >= 4 is 11.7 Å². The number of carbonyl (C=O) groups excluding carboxylic acids is 1. The normalized spacial score (nSPS) is 46.3. The van der Waals surface area contributed by atoms with E-state index >= 15 is 0 Å². The fourth-order valence-corrected chi connectivity index (χ4v) is 8.73. The highest BCUT2D eigenvalue weighted by atomic mass is 16.7. The number of rotatable bonds is 13. The molecule has 3 saturated heterocycles. The molecule has 334 valence electrons. The lowest BCUT2D eigenvalue weighted by Crippen LogP contribution is -2.61. The SMILES string of the molecule is CCC1OC(=O)C(C)C(OC2CC(C)(OC)C(O)C(C)O2)C(C)C(OC2OC(C)CC(NC)C2O)C(C)(O)CC(C)/C(=N\OCOCCOC)C(C)C(O)C1(C)O. The molecule has 3 aliphatic heterocycles. The van der Waals surface area contributed by atoms with Gasteiger partial charge in [-0.15, -0.1) is 0 Å². The Bertz CT molecular complexity index is 1270. The van der Waals surface area contributed by atoms with E-state index in [1.54, 1.807) is 69.5 Å². The van der Waals surface area contributed by atoms with Crippen LogP contribution in [0.15, 0.2) is 5.16 Å². The van der Waals surface area contributed by atoms with E-state index in [-0.39, 0.29) is 44.8 Å². The predicted octanol–water partition coefficient (Wildman–Crippen LogP) is 1.87. The molecule has 0 spiro atoms. The topological polar surface area (TPSA) is 226 Å².